The Morgan fingerprint density at radius 2 is 1.62 bits per heavy atom. The summed E-state index contributed by atoms with van der Waals surface area (Å²) in [5.41, 5.74) is 8.71. The third-order valence-electron chi connectivity index (χ3n) is 4.01. The van der Waals surface area contributed by atoms with Crippen LogP contribution in [-0.2, 0) is 16.6 Å². The van der Waals surface area contributed by atoms with Crippen LogP contribution in [0.15, 0.2) is 77.7 Å². The molecule has 0 aliphatic carbocycles. The third kappa shape index (κ3) is 4.00. The lowest BCUT2D eigenvalue weighted by Crippen LogP contribution is -2.30. The van der Waals surface area contributed by atoms with E-state index in [2.05, 4.69) is 0 Å². The highest BCUT2D eigenvalue weighted by Crippen LogP contribution is 2.28. The lowest BCUT2D eigenvalue weighted by molar-refractivity contribution is 0.590. The average molecular weight is 387 g/mol. The Morgan fingerprint density at radius 3 is 2.23 bits per heavy atom. The van der Waals surface area contributed by atoms with Crippen molar-refractivity contribution in [3.05, 3.63) is 88.9 Å². The van der Waals surface area contributed by atoms with Crippen molar-refractivity contribution in [2.45, 2.75) is 18.4 Å². The molecule has 26 heavy (non-hydrogen) atoms. The first-order chi connectivity index (χ1) is 12.4. The summed E-state index contributed by atoms with van der Waals surface area (Å²) in [4.78, 5) is 0.179. The molecule has 3 rings (SSSR count). The fraction of sp³-hybridized carbons (Fsp3) is 0.100. The Balaban J connectivity index is 2.07. The van der Waals surface area contributed by atoms with Crippen LogP contribution in [0.5, 0.6) is 0 Å². The molecule has 0 atom stereocenters. The van der Waals surface area contributed by atoms with Crippen LogP contribution in [0.2, 0.25) is 5.02 Å². The first kappa shape index (κ1) is 18.3. The summed E-state index contributed by atoms with van der Waals surface area (Å²) >= 11 is 6.09. The predicted octanol–water partition coefficient (Wildman–Crippen LogP) is 4.63. The number of nitrogens with zero attached hydrogens (tertiary/aromatic N) is 1. The van der Waals surface area contributed by atoms with Gasteiger partial charge in [-0.3, -0.25) is 4.31 Å². The number of rotatable bonds is 5. The number of nitrogens with two attached hydrogens (primary N) is 1. The molecular formula is C20H19ClN2O2S. The van der Waals surface area contributed by atoms with Gasteiger partial charge < -0.3 is 5.73 Å². The van der Waals surface area contributed by atoms with Crippen molar-refractivity contribution in [1.29, 1.82) is 0 Å². The van der Waals surface area contributed by atoms with Gasteiger partial charge in [0.2, 0.25) is 0 Å². The van der Waals surface area contributed by atoms with Crippen LogP contribution in [0.1, 0.15) is 11.1 Å². The lowest BCUT2D eigenvalue weighted by Gasteiger charge is -2.25. The van der Waals surface area contributed by atoms with Gasteiger partial charge in [-0.2, -0.15) is 0 Å². The number of sulfonamides is 1. The smallest absolute Gasteiger partial charge is 0.264 e. The van der Waals surface area contributed by atoms with Crippen LogP contribution in [0.25, 0.3) is 0 Å². The maximum Gasteiger partial charge on any atom is 0.264 e. The molecule has 3 aromatic rings. The quantitative estimate of drug-likeness (QED) is 0.650. The molecule has 0 aliphatic rings. The van der Waals surface area contributed by atoms with Crippen molar-refractivity contribution in [2.75, 3.05) is 10.0 Å². The molecule has 3 aromatic carbocycles. The molecule has 0 spiro atoms. The maximum absolute atomic E-state index is 13.3. The molecule has 4 nitrogen and oxygen atoms in total. The van der Waals surface area contributed by atoms with E-state index in [1.165, 1.54) is 16.4 Å². The van der Waals surface area contributed by atoms with E-state index in [1.807, 2.05) is 31.2 Å². The molecule has 134 valence electrons. The molecule has 0 unspecified atom stereocenters. The Labute approximate surface area is 158 Å². The van der Waals surface area contributed by atoms with Gasteiger partial charge in [-0.05, 0) is 55.0 Å². The zero-order chi connectivity index (χ0) is 18.7. The van der Waals surface area contributed by atoms with E-state index in [4.69, 9.17) is 17.3 Å². The first-order valence-electron chi connectivity index (χ1n) is 8.06. The van der Waals surface area contributed by atoms with Crippen LogP contribution < -0.4 is 10.0 Å². The number of anilines is 2. The minimum atomic E-state index is -3.78. The van der Waals surface area contributed by atoms with Crippen LogP contribution in [0, 0.1) is 6.92 Å². The molecule has 6 heteroatoms. The summed E-state index contributed by atoms with van der Waals surface area (Å²) in [6, 6.07) is 20.8. The zero-order valence-electron chi connectivity index (χ0n) is 14.3. The SMILES string of the molecule is Cc1ccc(CN(c2cccc(Cl)c2)S(=O)(=O)c2ccc(N)cc2)cc1. The van der Waals surface area contributed by atoms with Gasteiger partial charge in [0, 0.05) is 10.7 Å². The summed E-state index contributed by atoms with van der Waals surface area (Å²) < 4.78 is 27.9. The second-order valence-corrected chi connectivity index (χ2v) is 8.34. The summed E-state index contributed by atoms with van der Waals surface area (Å²) in [5.74, 6) is 0. The minimum absolute atomic E-state index is 0.179. The molecule has 0 radical (unpaired) electrons. The zero-order valence-corrected chi connectivity index (χ0v) is 15.8. The highest BCUT2D eigenvalue weighted by molar-refractivity contribution is 7.92. The first-order valence-corrected chi connectivity index (χ1v) is 9.87. The second-order valence-electron chi connectivity index (χ2n) is 6.05. The van der Waals surface area contributed by atoms with E-state index in [1.54, 1.807) is 36.4 Å². The van der Waals surface area contributed by atoms with Crippen LogP contribution >= 0.6 is 11.6 Å². The molecule has 0 heterocycles. The average Bonchev–Trinajstić information content (AvgIpc) is 2.61. The van der Waals surface area contributed by atoms with E-state index < -0.39 is 10.0 Å². The van der Waals surface area contributed by atoms with E-state index >= 15 is 0 Å². The number of hydrogen-bond acceptors (Lipinski definition) is 3. The van der Waals surface area contributed by atoms with Crippen LogP contribution in [-0.4, -0.2) is 8.42 Å². The predicted molar refractivity (Wildman–Crippen MR) is 107 cm³/mol. The molecule has 0 fully saturated rings. The molecular weight excluding hydrogens is 368 g/mol. The molecule has 0 aromatic heterocycles. The number of nitrogen functional groups attached to an aromatic ring is 1. The highest BCUT2D eigenvalue weighted by atomic mass is 35.5. The summed E-state index contributed by atoms with van der Waals surface area (Å²) in [5, 5.41) is 0.476. The van der Waals surface area contributed by atoms with Crippen molar-refractivity contribution in [3.8, 4) is 0 Å². The summed E-state index contributed by atoms with van der Waals surface area (Å²) in [6.45, 7) is 2.19. The highest BCUT2D eigenvalue weighted by Gasteiger charge is 2.25. The Bertz CT molecular complexity index is 1000. The van der Waals surface area contributed by atoms with E-state index in [9.17, 15) is 8.42 Å². The maximum atomic E-state index is 13.3. The van der Waals surface area contributed by atoms with Gasteiger partial charge in [0.15, 0.2) is 0 Å². The fourth-order valence-corrected chi connectivity index (χ4v) is 4.20. The number of aryl methyl sites for hydroxylation is 1. The van der Waals surface area contributed by atoms with Crippen LogP contribution in [0.4, 0.5) is 11.4 Å². The second kappa shape index (κ2) is 7.40. The topological polar surface area (TPSA) is 63.4 Å². The molecule has 0 aliphatic heterocycles. The van der Waals surface area contributed by atoms with Gasteiger partial charge in [0.05, 0.1) is 17.1 Å². The third-order valence-corrected chi connectivity index (χ3v) is 6.03. The van der Waals surface area contributed by atoms with Crippen molar-refractivity contribution >= 4 is 33.0 Å². The van der Waals surface area contributed by atoms with Gasteiger partial charge >= 0.3 is 0 Å². The number of halogens is 1. The fourth-order valence-electron chi connectivity index (χ4n) is 2.57. The molecule has 0 bridgehead atoms. The van der Waals surface area contributed by atoms with Crippen molar-refractivity contribution in [2.24, 2.45) is 0 Å². The van der Waals surface area contributed by atoms with Gasteiger partial charge in [0.1, 0.15) is 0 Å². The van der Waals surface area contributed by atoms with Crippen molar-refractivity contribution in [1.82, 2.24) is 0 Å². The molecule has 0 amide bonds. The van der Waals surface area contributed by atoms with Gasteiger partial charge in [-0.1, -0.05) is 47.5 Å². The normalized spacial score (nSPS) is 11.3. The van der Waals surface area contributed by atoms with E-state index in [-0.39, 0.29) is 11.4 Å². The monoisotopic (exact) mass is 386 g/mol. The van der Waals surface area contributed by atoms with Gasteiger partial charge in [-0.25, -0.2) is 8.42 Å². The summed E-state index contributed by atoms with van der Waals surface area (Å²) in [7, 11) is -3.78. The van der Waals surface area contributed by atoms with E-state index in [0.29, 0.717) is 16.4 Å². The lowest BCUT2D eigenvalue weighted by atomic mass is 10.1. The van der Waals surface area contributed by atoms with Crippen LogP contribution in [0.3, 0.4) is 0 Å². The van der Waals surface area contributed by atoms with Crippen molar-refractivity contribution in [3.63, 3.8) is 0 Å². The van der Waals surface area contributed by atoms with Crippen molar-refractivity contribution < 1.29 is 8.42 Å². The Hall–Kier alpha value is -2.50. The number of hydrogen-bond donors (Lipinski definition) is 1. The molecule has 0 saturated carbocycles. The largest absolute Gasteiger partial charge is 0.399 e. The van der Waals surface area contributed by atoms with Gasteiger partial charge in [0.25, 0.3) is 10.0 Å². The Morgan fingerprint density at radius 1 is 0.962 bits per heavy atom. The van der Waals surface area contributed by atoms with E-state index in [0.717, 1.165) is 11.1 Å². The van der Waals surface area contributed by atoms with Gasteiger partial charge in [-0.15, -0.1) is 0 Å². The number of benzene rings is 3. The minimum Gasteiger partial charge on any atom is -0.399 e. The molecule has 2 N–H and O–H groups in total. The Kier molecular flexibility index (Phi) is 5.20. The molecule has 0 saturated heterocycles. The standard InChI is InChI=1S/C20H19ClN2O2S/c1-15-5-7-16(8-6-15)14-23(19-4-2-3-17(21)13-19)26(24,25)20-11-9-18(22)10-12-20/h2-13H,14,22H2,1H3. The summed E-state index contributed by atoms with van der Waals surface area (Å²) in [6.07, 6.45) is 0.